The molecule has 0 aliphatic carbocycles. The molecule has 2 amide bonds. The SMILES string of the molecule is CC(C)(C)N=C1NC(=O)[C@@H](CC(=O)Nc2ccc(SC(F)F)cc2)S1. The van der Waals surface area contributed by atoms with E-state index in [1.54, 1.807) is 12.1 Å². The molecule has 1 fully saturated rings. The molecule has 1 saturated heterocycles. The first-order chi connectivity index (χ1) is 11.6. The molecule has 1 aromatic carbocycles. The van der Waals surface area contributed by atoms with E-state index in [0.29, 0.717) is 27.5 Å². The molecule has 0 bridgehead atoms. The van der Waals surface area contributed by atoms with Crippen LogP contribution in [0.25, 0.3) is 0 Å². The van der Waals surface area contributed by atoms with E-state index in [1.165, 1.54) is 23.9 Å². The lowest BCUT2D eigenvalue weighted by Crippen LogP contribution is -2.28. The second-order valence-corrected chi connectivity index (χ2v) is 8.59. The van der Waals surface area contributed by atoms with Gasteiger partial charge in [-0.15, -0.1) is 0 Å². The summed E-state index contributed by atoms with van der Waals surface area (Å²) in [5.41, 5.74) is 0.181. The Labute approximate surface area is 153 Å². The number of hydrogen-bond acceptors (Lipinski definition) is 5. The average Bonchev–Trinajstić information content (AvgIpc) is 2.78. The van der Waals surface area contributed by atoms with Crippen LogP contribution < -0.4 is 10.6 Å². The summed E-state index contributed by atoms with van der Waals surface area (Å²) in [7, 11) is 0. The van der Waals surface area contributed by atoms with Gasteiger partial charge in [0.05, 0.1) is 5.54 Å². The van der Waals surface area contributed by atoms with Gasteiger partial charge in [0.25, 0.3) is 5.76 Å². The molecule has 5 nitrogen and oxygen atoms in total. The Balaban J connectivity index is 1.90. The second-order valence-electron chi connectivity index (χ2n) is 6.34. The number of nitrogens with zero attached hydrogens (tertiary/aromatic N) is 1. The molecule has 2 N–H and O–H groups in total. The first-order valence-corrected chi connectivity index (χ1v) is 9.30. The lowest BCUT2D eigenvalue weighted by atomic mass is 10.1. The zero-order valence-corrected chi connectivity index (χ0v) is 15.6. The van der Waals surface area contributed by atoms with Gasteiger partial charge >= 0.3 is 0 Å². The number of amidine groups is 1. The maximum absolute atomic E-state index is 12.3. The van der Waals surface area contributed by atoms with Crippen molar-refractivity contribution in [3.8, 4) is 0 Å². The molecule has 0 saturated carbocycles. The highest BCUT2D eigenvalue weighted by Gasteiger charge is 2.32. The lowest BCUT2D eigenvalue weighted by Gasteiger charge is -2.12. The largest absolute Gasteiger partial charge is 0.326 e. The van der Waals surface area contributed by atoms with Crippen LogP contribution >= 0.6 is 23.5 Å². The van der Waals surface area contributed by atoms with Crippen LogP contribution in [0.4, 0.5) is 14.5 Å². The number of thioether (sulfide) groups is 2. The van der Waals surface area contributed by atoms with E-state index in [0.717, 1.165) is 0 Å². The maximum Gasteiger partial charge on any atom is 0.288 e. The summed E-state index contributed by atoms with van der Waals surface area (Å²) in [6.07, 6.45) is 0.00714. The van der Waals surface area contributed by atoms with Crippen LogP contribution in [0.1, 0.15) is 27.2 Å². The molecule has 1 aromatic rings. The summed E-state index contributed by atoms with van der Waals surface area (Å²) in [4.78, 5) is 28.8. The molecule has 0 aromatic heterocycles. The Morgan fingerprint density at radius 2 is 2.00 bits per heavy atom. The molecular weight excluding hydrogens is 368 g/mol. The number of nitrogens with one attached hydrogen (secondary N) is 2. The molecule has 0 radical (unpaired) electrons. The molecule has 9 heteroatoms. The number of carbonyl (C=O) groups is 2. The topological polar surface area (TPSA) is 70.6 Å². The zero-order chi connectivity index (χ0) is 18.6. The number of anilines is 1. The van der Waals surface area contributed by atoms with E-state index in [1.807, 2.05) is 20.8 Å². The highest BCUT2D eigenvalue weighted by molar-refractivity contribution is 8.15. The van der Waals surface area contributed by atoms with Crippen LogP contribution in [0, 0.1) is 0 Å². The molecule has 0 unspecified atom stereocenters. The minimum absolute atomic E-state index is 0.00714. The van der Waals surface area contributed by atoms with Crippen LogP contribution in [0.2, 0.25) is 0 Å². The summed E-state index contributed by atoms with van der Waals surface area (Å²) in [5, 5.41) is 5.32. The van der Waals surface area contributed by atoms with Crippen molar-refractivity contribution < 1.29 is 18.4 Å². The number of rotatable bonds is 5. The van der Waals surface area contributed by atoms with Crippen molar-refractivity contribution in [1.29, 1.82) is 0 Å². The smallest absolute Gasteiger partial charge is 0.288 e. The Bertz CT molecular complexity index is 673. The van der Waals surface area contributed by atoms with Crippen molar-refractivity contribution in [1.82, 2.24) is 5.32 Å². The Morgan fingerprint density at radius 3 is 2.56 bits per heavy atom. The van der Waals surface area contributed by atoms with E-state index in [2.05, 4.69) is 15.6 Å². The Kier molecular flexibility index (Phi) is 6.45. The number of amides is 2. The van der Waals surface area contributed by atoms with Crippen LogP contribution in [0.3, 0.4) is 0 Å². The summed E-state index contributed by atoms with van der Waals surface area (Å²) in [6, 6.07) is 6.13. The molecule has 25 heavy (non-hydrogen) atoms. The van der Waals surface area contributed by atoms with Gasteiger partial charge in [0.15, 0.2) is 5.17 Å². The molecule has 2 rings (SSSR count). The van der Waals surface area contributed by atoms with Crippen molar-refractivity contribution in [3.05, 3.63) is 24.3 Å². The first kappa shape index (κ1) is 19.7. The van der Waals surface area contributed by atoms with Crippen molar-refractivity contribution in [2.24, 2.45) is 4.99 Å². The monoisotopic (exact) mass is 387 g/mol. The standard InChI is InChI=1S/C16H19F2N3O2S2/c1-16(2,3)21-15-20-13(23)11(25-15)8-12(22)19-9-4-6-10(7-5-9)24-14(17)18/h4-7,11,14H,8H2,1-3H3,(H,19,22)(H,20,21,23)/t11-/m1/s1. The van der Waals surface area contributed by atoms with Crippen LogP contribution in [0.15, 0.2) is 34.2 Å². The van der Waals surface area contributed by atoms with Gasteiger partial charge < -0.3 is 10.6 Å². The fourth-order valence-corrected chi connectivity index (χ4v) is 3.65. The molecular formula is C16H19F2N3O2S2. The summed E-state index contributed by atoms with van der Waals surface area (Å²) in [5.74, 6) is -3.05. The maximum atomic E-state index is 12.3. The molecule has 1 aliphatic heterocycles. The minimum atomic E-state index is -2.48. The normalized spacial score (nSPS) is 19.4. The van der Waals surface area contributed by atoms with Crippen LogP contribution in [-0.4, -0.2) is 33.5 Å². The zero-order valence-electron chi connectivity index (χ0n) is 14.0. The number of halogens is 2. The predicted molar refractivity (Wildman–Crippen MR) is 98.3 cm³/mol. The van der Waals surface area contributed by atoms with E-state index in [9.17, 15) is 18.4 Å². The number of benzene rings is 1. The van der Waals surface area contributed by atoms with Gasteiger partial charge in [0.2, 0.25) is 11.8 Å². The molecule has 0 spiro atoms. The van der Waals surface area contributed by atoms with Gasteiger partial charge in [0, 0.05) is 17.0 Å². The molecule has 136 valence electrons. The third-order valence-corrected chi connectivity index (χ3v) is 4.75. The lowest BCUT2D eigenvalue weighted by molar-refractivity contribution is -0.122. The number of aliphatic imine (C=N–C) groups is 1. The fourth-order valence-electron chi connectivity index (χ4n) is 2.00. The van der Waals surface area contributed by atoms with Gasteiger partial charge in [-0.25, -0.2) is 0 Å². The number of carbonyl (C=O) groups excluding carboxylic acids is 2. The highest BCUT2D eigenvalue weighted by Crippen LogP contribution is 2.27. The van der Waals surface area contributed by atoms with E-state index in [-0.39, 0.29) is 23.8 Å². The van der Waals surface area contributed by atoms with Crippen molar-refractivity contribution in [2.45, 2.75) is 48.6 Å². The molecule has 1 atom stereocenters. The Morgan fingerprint density at radius 1 is 1.36 bits per heavy atom. The predicted octanol–water partition coefficient (Wildman–Crippen LogP) is 3.72. The second kappa shape index (κ2) is 8.18. The van der Waals surface area contributed by atoms with Gasteiger partial charge in [-0.3, -0.25) is 14.6 Å². The molecule has 1 aliphatic rings. The number of hydrogen-bond donors (Lipinski definition) is 2. The van der Waals surface area contributed by atoms with Crippen LogP contribution in [0.5, 0.6) is 0 Å². The third kappa shape index (κ3) is 6.66. The summed E-state index contributed by atoms with van der Waals surface area (Å²) >= 11 is 1.68. The van der Waals surface area contributed by atoms with Crippen molar-refractivity contribution in [2.75, 3.05) is 5.32 Å². The average molecular weight is 387 g/mol. The van der Waals surface area contributed by atoms with Gasteiger partial charge in [-0.2, -0.15) is 8.78 Å². The van der Waals surface area contributed by atoms with Gasteiger partial charge in [0.1, 0.15) is 5.25 Å². The van der Waals surface area contributed by atoms with E-state index < -0.39 is 11.0 Å². The fraction of sp³-hybridized carbons (Fsp3) is 0.438. The van der Waals surface area contributed by atoms with E-state index in [4.69, 9.17) is 0 Å². The highest BCUT2D eigenvalue weighted by atomic mass is 32.2. The number of alkyl halides is 2. The summed E-state index contributed by atoms with van der Waals surface area (Å²) in [6.45, 7) is 5.76. The minimum Gasteiger partial charge on any atom is -0.326 e. The quantitative estimate of drug-likeness (QED) is 0.756. The third-order valence-electron chi connectivity index (χ3n) is 2.95. The van der Waals surface area contributed by atoms with Crippen LogP contribution in [-0.2, 0) is 9.59 Å². The van der Waals surface area contributed by atoms with E-state index >= 15 is 0 Å². The first-order valence-electron chi connectivity index (χ1n) is 7.54. The van der Waals surface area contributed by atoms with Crippen molar-refractivity contribution in [3.63, 3.8) is 0 Å². The van der Waals surface area contributed by atoms with Gasteiger partial charge in [-0.1, -0.05) is 23.5 Å². The molecule has 1 heterocycles. The van der Waals surface area contributed by atoms with Crippen molar-refractivity contribution >= 4 is 46.2 Å². The Hall–Kier alpha value is -1.61. The van der Waals surface area contributed by atoms with Gasteiger partial charge in [-0.05, 0) is 45.0 Å². The summed E-state index contributed by atoms with van der Waals surface area (Å²) < 4.78 is 24.5.